The third kappa shape index (κ3) is 4.48. The van der Waals surface area contributed by atoms with Gasteiger partial charge in [0.25, 0.3) is 0 Å². The second-order valence-electron chi connectivity index (χ2n) is 8.95. The van der Waals surface area contributed by atoms with Crippen molar-refractivity contribution in [1.29, 1.82) is 0 Å². The standard InChI is InChI=1S/C23H34N4O2/c1-17-5-7-18(8-6-17)16-27-14-11-20-22(27)23(29)24-15-19(25(20)2)9-10-21(28)26-12-3-4-13-26/h5-8,19-20,22H,3-4,9-16H2,1-2H3,(H,24,29)/t19-,20-,22-/m0/s1. The van der Waals surface area contributed by atoms with E-state index in [0.717, 1.165) is 51.9 Å². The molecule has 29 heavy (non-hydrogen) atoms. The number of likely N-dealkylation sites (N-methyl/N-ethyl adjacent to an activating group) is 1. The van der Waals surface area contributed by atoms with Gasteiger partial charge in [-0.2, -0.15) is 0 Å². The molecule has 0 aromatic heterocycles. The maximum Gasteiger partial charge on any atom is 0.239 e. The van der Waals surface area contributed by atoms with Crippen LogP contribution in [-0.4, -0.2) is 77.9 Å². The van der Waals surface area contributed by atoms with E-state index >= 15 is 0 Å². The third-order valence-electron chi connectivity index (χ3n) is 7.01. The van der Waals surface area contributed by atoms with Gasteiger partial charge in [-0.15, -0.1) is 0 Å². The van der Waals surface area contributed by atoms with Gasteiger partial charge in [-0.1, -0.05) is 29.8 Å². The molecule has 3 fully saturated rings. The predicted octanol–water partition coefficient (Wildman–Crippen LogP) is 1.77. The van der Waals surface area contributed by atoms with Crippen LogP contribution in [0.25, 0.3) is 0 Å². The maximum atomic E-state index is 12.9. The Morgan fingerprint density at radius 1 is 1.14 bits per heavy atom. The number of hydrogen-bond acceptors (Lipinski definition) is 4. The summed E-state index contributed by atoms with van der Waals surface area (Å²) in [5, 5.41) is 3.17. The molecular formula is C23H34N4O2. The van der Waals surface area contributed by atoms with Gasteiger partial charge in [0.05, 0.1) is 0 Å². The number of hydrogen-bond donors (Lipinski definition) is 1. The Balaban J connectivity index is 1.39. The Labute approximate surface area is 174 Å². The molecule has 3 heterocycles. The fraction of sp³-hybridized carbons (Fsp3) is 0.652. The summed E-state index contributed by atoms with van der Waals surface area (Å²) in [6, 6.07) is 8.92. The molecule has 1 aromatic carbocycles. The smallest absolute Gasteiger partial charge is 0.239 e. The molecule has 2 amide bonds. The lowest BCUT2D eigenvalue weighted by Crippen LogP contribution is -2.49. The summed E-state index contributed by atoms with van der Waals surface area (Å²) in [5.74, 6) is 0.412. The van der Waals surface area contributed by atoms with E-state index in [1.54, 1.807) is 0 Å². The van der Waals surface area contributed by atoms with E-state index in [9.17, 15) is 9.59 Å². The quantitative estimate of drug-likeness (QED) is 0.821. The maximum absolute atomic E-state index is 12.9. The zero-order valence-corrected chi connectivity index (χ0v) is 17.8. The summed E-state index contributed by atoms with van der Waals surface area (Å²) in [7, 11) is 2.14. The van der Waals surface area contributed by atoms with Gasteiger partial charge < -0.3 is 10.2 Å². The molecule has 1 N–H and O–H groups in total. The van der Waals surface area contributed by atoms with E-state index in [1.807, 2.05) is 4.90 Å². The molecule has 3 aliphatic heterocycles. The van der Waals surface area contributed by atoms with Crippen molar-refractivity contribution in [2.75, 3.05) is 33.2 Å². The number of rotatable bonds is 5. The molecule has 6 nitrogen and oxygen atoms in total. The van der Waals surface area contributed by atoms with E-state index in [4.69, 9.17) is 0 Å². The summed E-state index contributed by atoms with van der Waals surface area (Å²) in [6.45, 7) is 6.29. The van der Waals surface area contributed by atoms with Crippen LogP contribution in [0.1, 0.15) is 43.2 Å². The first-order valence-electron chi connectivity index (χ1n) is 11.1. The number of carbonyl (C=O) groups is 2. The number of amides is 2. The zero-order valence-electron chi connectivity index (χ0n) is 17.8. The molecule has 3 aliphatic rings. The highest BCUT2D eigenvalue weighted by Gasteiger charge is 2.44. The number of nitrogens with zero attached hydrogens (tertiary/aromatic N) is 3. The lowest BCUT2D eigenvalue weighted by Gasteiger charge is -2.33. The van der Waals surface area contributed by atoms with Crippen molar-refractivity contribution in [2.24, 2.45) is 0 Å². The first kappa shape index (κ1) is 20.4. The normalized spacial score (nSPS) is 28.3. The average molecular weight is 399 g/mol. The van der Waals surface area contributed by atoms with Crippen LogP contribution < -0.4 is 5.32 Å². The van der Waals surface area contributed by atoms with E-state index in [0.29, 0.717) is 13.0 Å². The van der Waals surface area contributed by atoms with Crippen molar-refractivity contribution < 1.29 is 9.59 Å². The second kappa shape index (κ2) is 8.84. The van der Waals surface area contributed by atoms with Gasteiger partial charge in [0, 0.05) is 51.2 Å². The van der Waals surface area contributed by atoms with E-state index < -0.39 is 0 Å². The molecule has 1 aromatic rings. The SMILES string of the molecule is Cc1ccc(CN2CC[C@H]3[C@H]2C(=O)NC[C@H](CCC(=O)N2CCCC2)N3C)cc1. The minimum atomic E-state index is -0.111. The summed E-state index contributed by atoms with van der Waals surface area (Å²) in [5.41, 5.74) is 2.51. The molecule has 0 spiro atoms. The van der Waals surface area contributed by atoms with Gasteiger partial charge in [-0.25, -0.2) is 0 Å². The molecule has 0 aliphatic carbocycles. The second-order valence-corrected chi connectivity index (χ2v) is 8.95. The molecule has 0 radical (unpaired) electrons. The van der Waals surface area contributed by atoms with Gasteiger partial charge in [-0.05, 0) is 45.2 Å². The lowest BCUT2D eigenvalue weighted by molar-refractivity contribution is -0.130. The Hall–Kier alpha value is -1.92. The van der Waals surface area contributed by atoms with Crippen molar-refractivity contribution in [3.05, 3.63) is 35.4 Å². The average Bonchev–Trinajstić information content (AvgIpc) is 3.37. The molecule has 3 saturated heterocycles. The van der Waals surface area contributed by atoms with Crippen LogP contribution in [0.4, 0.5) is 0 Å². The van der Waals surface area contributed by atoms with Crippen LogP contribution in [0, 0.1) is 6.92 Å². The van der Waals surface area contributed by atoms with Gasteiger partial charge in [-0.3, -0.25) is 19.4 Å². The molecule has 0 unspecified atom stereocenters. The van der Waals surface area contributed by atoms with E-state index in [-0.39, 0.29) is 29.9 Å². The highest BCUT2D eigenvalue weighted by molar-refractivity contribution is 5.83. The Bertz CT molecular complexity index is 729. The number of likely N-dealkylation sites (tertiary alicyclic amines) is 2. The van der Waals surface area contributed by atoms with Gasteiger partial charge in [0.1, 0.15) is 6.04 Å². The van der Waals surface area contributed by atoms with Crippen LogP contribution in [-0.2, 0) is 16.1 Å². The van der Waals surface area contributed by atoms with Crippen LogP contribution in [0.2, 0.25) is 0 Å². The molecule has 3 atom stereocenters. The van der Waals surface area contributed by atoms with Crippen molar-refractivity contribution in [2.45, 2.75) is 63.7 Å². The lowest BCUT2D eigenvalue weighted by atomic mass is 10.0. The number of carbonyl (C=O) groups excluding carboxylic acids is 2. The number of fused-ring (bicyclic) bond motifs is 1. The molecular weight excluding hydrogens is 364 g/mol. The van der Waals surface area contributed by atoms with Crippen molar-refractivity contribution >= 4 is 11.8 Å². The topological polar surface area (TPSA) is 55.9 Å². The van der Waals surface area contributed by atoms with Crippen LogP contribution in [0.5, 0.6) is 0 Å². The molecule has 6 heteroatoms. The first-order chi connectivity index (χ1) is 14.0. The van der Waals surface area contributed by atoms with Crippen LogP contribution >= 0.6 is 0 Å². The fourth-order valence-electron chi connectivity index (χ4n) is 5.17. The summed E-state index contributed by atoms with van der Waals surface area (Å²) < 4.78 is 0. The molecule has 4 rings (SSSR count). The molecule has 158 valence electrons. The van der Waals surface area contributed by atoms with Gasteiger partial charge in [0.15, 0.2) is 0 Å². The Morgan fingerprint density at radius 2 is 1.86 bits per heavy atom. The monoisotopic (exact) mass is 398 g/mol. The number of aryl methyl sites for hydroxylation is 1. The Morgan fingerprint density at radius 3 is 2.59 bits per heavy atom. The third-order valence-corrected chi connectivity index (χ3v) is 7.01. The number of benzene rings is 1. The Kier molecular flexibility index (Phi) is 6.20. The summed E-state index contributed by atoms with van der Waals surface area (Å²) in [4.78, 5) is 32.1. The fourth-order valence-corrected chi connectivity index (χ4v) is 5.17. The molecule has 0 bridgehead atoms. The predicted molar refractivity (Wildman–Crippen MR) is 113 cm³/mol. The van der Waals surface area contributed by atoms with Crippen molar-refractivity contribution in [3.63, 3.8) is 0 Å². The van der Waals surface area contributed by atoms with E-state index in [2.05, 4.69) is 53.4 Å². The van der Waals surface area contributed by atoms with Crippen LogP contribution in [0.3, 0.4) is 0 Å². The largest absolute Gasteiger partial charge is 0.353 e. The highest BCUT2D eigenvalue weighted by atomic mass is 16.2. The number of nitrogens with one attached hydrogen (secondary N) is 1. The van der Waals surface area contributed by atoms with Gasteiger partial charge in [0.2, 0.25) is 11.8 Å². The molecule has 0 saturated carbocycles. The summed E-state index contributed by atoms with van der Waals surface area (Å²) >= 11 is 0. The van der Waals surface area contributed by atoms with E-state index in [1.165, 1.54) is 11.1 Å². The van der Waals surface area contributed by atoms with Gasteiger partial charge >= 0.3 is 0 Å². The van der Waals surface area contributed by atoms with Crippen molar-refractivity contribution in [1.82, 2.24) is 20.0 Å². The zero-order chi connectivity index (χ0) is 20.4. The minimum Gasteiger partial charge on any atom is -0.353 e. The van der Waals surface area contributed by atoms with Crippen LogP contribution in [0.15, 0.2) is 24.3 Å². The highest BCUT2D eigenvalue weighted by Crippen LogP contribution is 2.28. The minimum absolute atomic E-state index is 0.111. The summed E-state index contributed by atoms with van der Waals surface area (Å²) in [6.07, 6.45) is 4.65. The van der Waals surface area contributed by atoms with Crippen molar-refractivity contribution in [3.8, 4) is 0 Å². The first-order valence-corrected chi connectivity index (χ1v) is 11.1.